The summed E-state index contributed by atoms with van der Waals surface area (Å²) in [4.78, 5) is 11.6. The van der Waals surface area contributed by atoms with Gasteiger partial charge in [0.25, 0.3) is 0 Å². The number of carboxylic acid groups (broad SMARTS) is 1. The van der Waals surface area contributed by atoms with Gasteiger partial charge in [0.1, 0.15) is 0 Å². The predicted molar refractivity (Wildman–Crippen MR) is 65.9 cm³/mol. The highest BCUT2D eigenvalue weighted by Gasteiger charge is 2.06. The molecule has 0 spiro atoms. The van der Waals surface area contributed by atoms with E-state index < -0.39 is 5.97 Å². The van der Waals surface area contributed by atoms with Gasteiger partial charge in [0.05, 0.1) is 6.42 Å². The molecule has 0 saturated carbocycles. The van der Waals surface area contributed by atoms with Gasteiger partial charge in [0.2, 0.25) is 0 Å². The zero-order chi connectivity index (χ0) is 11.5. The Kier molecular flexibility index (Phi) is 3.19. The Morgan fingerprint density at radius 3 is 2.94 bits per heavy atom. The molecule has 1 N–H and O–H groups in total. The summed E-state index contributed by atoms with van der Waals surface area (Å²) in [5.41, 5.74) is 1.18. The van der Waals surface area contributed by atoms with Gasteiger partial charge in [-0.15, -0.1) is 11.8 Å². The summed E-state index contributed by atoms with van der Waals surface area (Å²) in [7, 11) is 2.00. The molecular weight excluding hydrogens is 222 g/mol. The van der Waals surface area contributed by atoms with Crippen molar-refractivity contribution in [3.8, 4) is 0 Å². The van der Waals surface area contributed by atoms with Crippen LogP contribution in [0.4, 0.5) is 0 Å². The molecule has 2 aromatic rings. The largest absolute Gasteiger partial charge is 0.481 e. The van der Waals surface area contributed by atoms with Crippen LogP contribution in [0.25, 0.3) is 10.9 Å². The summed E-state index contributed by atoms with van der Waals surface area (Å²) in [6.07, 6.45) is 2.26. The van der Waals surface area contributed by atoms with Gasteiger partial charge in [-0.25, -0.2) is 0 Å². The molecule has 0 atom stereocenters. The molecule has 0 radical (unpaired) electrons. The molecule has 0 aliphatic carbocycles. The van der Waals surface area contributed by atoms with Crippen LogP contribution in [0.15, 0.2) is 35.4 Å². The van der Waals surface area contributed by atoms with Crippen molar-refractivity contribution in [2.24, 2.45) is 7.05 Å². The Hall–Kier alpha value is -1.42. The minimum Gasteiger partial charge on any atom is -0.481 e. The van der Waals surface area contributed by atoms with E-state index in [1.807, 2.05) is 19.2 Å². The fourth-order valence-corrected chi connectivity index (χ4v) is 2.73. The van der Waals surface area contributed by atoms with Crippen LogP contribution in [0.1, 0.15) is 6.42 Å². The Morgan fingerprint density at radius 1 is 1.44 bits per heavy atom. The fraction of sp³-hybridized carbons (Fsp3) is 0.250. The number of para-hydroxylation sites is 1. The van der Waals surface area contributed by atoms with Crippen molar-refractivity contribution < 1.29 is 9.90 Å². The van der Waals surface area contributed by atoms with Crippen molar-refractivity contribution in [1.29, 1.82) is 0 Å². The molecule has 0 aliphatic heterocycles. The van der Waals surface area contributed by atoms with E-state index in [1.165, 1.54) is 10.9 Å². The van der Waals surface area contributed by atoms with Gasteiger partial charge in [-0.05, 0) is 6.07 Å². The highest BCUT2D eigenvalue weighted by molar-refractivity contribution is 7.99. The van der Waals surface area contributed by atoms with Gasteiger partial charge < -0.3 is 9.67 Å². The molecular formula is C12H13NO2S. The van der Waals surface area contributed by atoms with Crippen LogP contribution in [-0.4, -0.2) is 21.4 Å². The molecule has 0 aliphatic rings. The van der Waals surface area contributed by atoms with Crippen LogP contribution in [-0.2, 0) is 11.8 Å². The molecule has 0 fully saturated rings. The van der Waals surface area contributed by atoms with Gasteiger partial charge in [-0.1, -0.05) is 18.2 Å². The number of fused-ring (bicyclic) bond motifs is 1. The van der Waals surface area contributed by atoms with Gasteiger partial charge in [0, 0.05) is 34.8 Å². The van der Waals surface area contributed by atoms with E-state index in [9.17, 15) is 4.79 Å². The molecule has 1 aromatic heterocycles. The lowest BCUT2D eigenvalue weighted by Crippen LogP contribution is -1.95. The quantitative estimate of drug-likeness (QED) is 0.828. The summed E-state index contributed by atoms with van der Waals surface area (Å²) in [6.45, 7) is 0. The van der Waals surface area contributed by atoms with E-state index >= 15 is 0 Å². The smallest absolute Gasteiger partial charge is 0.304 e. The maximum atomic E-state index is 10.4. The third-order valence-electron chi connectivity index (χ3n) is 2.43. The number of hydrogen-bond acceptors (Lipinski definition) is 2. The van der Waals surface area contributed by atoms with Gasteiger partial charge >= 0.3 is 5.97 Å². The third kappa shape index (κ3) is 2.22. The van der Waals surface area contributed by atoms with E-state index in [4.69, 9.17) is 5.11 Å². The number of hydrogen-bond donors (Lipinski definition) is 1. The Morgan fingerprint density at radius 2 is 2.19 bits per heavy atom. The SMILES string of the molecule is Cn1cc(SCCC(=O)O)c2ccccc21. The van der Waals surface area contributed by atoms with Crippen LogP contribution in [0, 0.1) is 0 Å². The van der Waals surface area contributed by atoms with E-state index in [2.05, 4.69) is 22.9 Å². The number of nitrogens with zero attached hydrogens (tertiary/aromatic N) is 1. The summed E-state index contributed by atoms with van der Waals surface area (Å²) in [5.74, 6) is -0.128. The first-order valence-electron chi connectivity index (χ1n) is 5.07. The van der Waals surface area contributed by atoms with Crippen LogP contribution < -0.4 is 0 Å². The molecule has 0 unspecified atom stereocenters. The van der Waals surface area contributed by atoms with Crippen LogP contribution >= 0.6 is 11.8 Å². The van der Waals surface area contributed by atoms with Crippen LogP contribution in [0.5, 0.6) is 0 Å². The lowest BCUT2D eigenvalue weighted by atomic mass is 10.2. The maximum Gasteiger partial charge on any atom is 0.304 e. The standard InChI is InChI=1S/C12H13NO2S/c1-13-8-11(16-7-6-12(14)15)9-4-2-3-5-10(9)13/h2-5,8H,6-7H2,1H3,(H,14,15). The average Bonchev–Trinajstić information content (AvgIpc) is 2.57. The zero-order valence-corrected chi connectivity index (χ0v) is 9.83. The third-order valence-corrected chi connectivity index (χ3v) is 3.48. The summed E-state index contributed by atoms with van der Waals surface area (Å²) >= 11 is 1.60. The van der Waals surface area contributed by atoms with E-state index in [0.29, 0.717) is 5.75 Å². The molecule has 0 saturated heterocycles. The van der Waals surface area contributed by atoms with Crippen molar-refractivity contribution in [2.45, 2.75) is 11.3 Å². The zero-order valence-electron chi connectivity index (χ0n) is 9.01. The Balaban J connectivity index is 2.21. The topological polar surface area (TPSA) is 42.2 Å². The predicted octanol–water partition coefficient (Wildman–Crippen LogP) is 2.75. The molecule has 16 heavy (non-hydrogen) atoms. The second kappa shape index (κ2) is 4.61. The first kappa shape index (κ1) is 11.1. The van der Waals surface area contributed by atoms with Crippen molar-refractivity contribution in [1.82, 2.24) is 4.57 Å². The number of thioether (sulfide) groups is 1. The maximum absolute atomic E-state index is 10.4. The summed E-state index contributed by atoms with van der Waals surface area (Å²) in [6, 6.07) is 8.15. The van der Waals surface area contributed by atoms with Gasteiger partial charge in [-0.3, -0.25) is 4.79 Å². The molecule has 4 heteroatoms. The lowest BCUT2D eigenvalue weighted by Gasteiger charge is -1.96. The number of carboxylic acids is 1. The lowest BCUT2D eigenvalue weighted by molar-refractivity contribution is -0.136. The number of aryl methyl sites for hydroxylation is 1. The highest BCUT2D eigenvalue weighted by atomic mass is 32.2. The first-order chi connectivity index (χ1) is 7.68. The molecule has 0 bridgehead atoms. The van der Waals surface area contributed by atoms with E-state index in [0.717, 1.165) is 4.90 Å². The Labute approximate surface area is 98.1 Å². The number of benzene rings is 1. The van der Waals surface area contributed by atoms with Crippen molar-refractivity contribution >= 4 is 28.6 Å². The van der Waals surface area contributed by atoms with E-state index in [1.54, 1.807) is 11.8 Å². The molecule has 1 heterocycles. The highest BCUT2D eigenvalue weighted by Crippen LogP contribution is 2.29. The van der Waals surface area contributed by atoms with Crippen LogP contribution in [0.3, 0.4) is 0 Å². The summed E-state index contributed by atoms with van der Waals surface area (Å²) in [5, 5.41) is 9.79. The van der Waals surface area contributed by atoms with Crippen LogP contribution in [0.2, 0.25) is 0 Å². The number of aromatic nitrogens is 1. The molecule has 84 valence electrons. The van der Waals surface area contributed by atoms with Crippen molar-refractivity contribution in [3.63, 3.8) is 0 Å². The number of rotatable bonds is 4. The van der Waals surface area contributed by atoms with E-state index in [-0.39, 0.29) is 6.42 Å². The normalized spacial score (nSPS) is 10.8. The number of aliphatic carboxylic acids is 1. The van der Waals surface area contributed by atoms with Crippen molar-refractivity contribution in [3.05, 3.63) is 30.5 Å². The average molecular weight is 235 g/mol. The Bertz CT molecular complexity index is 519. The molecule has 3 nitrogen and oxygen atoms in total. The molecule has 1 aromatic carbocycles. The van der Waals surface area contributed by atoms with Gasteiger partial charge in [0.15, 0.2) is 0 Å². The first-order valence-corrected chi connectivity index (χ1v) is 6.05. The van der Waals surface area contributed by atoms with Gasteiger partial charge in [-0.2, -0.15) is 0 Å². The number of carbonyl (C=O) groups is 1. The second-order valence-electron chi connectivity index (χ2n) is 3.61. The molecule has 2 rings (SSSR count). The monoisotopic (exact) mass is 235 g/mol. The minimum absolute atomic E-state index is 0.202. The summed E-state index contributed by atoms with van der Waals surface area (Å²) < 4.78 is 2.07. The minimum atomic E-state index is -0.743. The van der Waals surface area contributed by atoms with Crippen molar-refractivity contribution in [2.75, 3.05) is 5.75 Å². The fourth-order valence-electron chi connectivity index (χ4n) is 1.67. The second-order valence-corrected chi connectivity index (χ2v) is 4.75. The molecule has 0 amide bonds.